The van der Waals surface area contributed by atoms with Gasteiger partial charge in [-0.2, -0.15) is 0 Å². The van der Waals surface area contributed by atoms with E-state index in [9.17, 15) is 4.79 Å². The van der Waals surface area contributed by atoms with Crippen LogP contribution in [-0.4, -0.2) is 17.6 Å². The van der Waals surface area contributed by atoms with Crippen LogP contribution >= 0.6 is 11.3 Å². The lowest BCUT2D eigenvalue weighted by Crippen LogP contribution is -2.06. The number of ether oxygens (including phenoxy) is 1. The molecule has 0 saturated carbocycles. The van der Waals surface area contributed by atoms with Gasteiger partial charge < -0.3 is 10.1 Å². The van der Waals surface area contributed by atoms with Crippen molar-refractivity contribution in [3.8, 4) is 0 Å². The molecule has 2 rings (SSSR count). The topological polar surface area (TPSA) is 51.2 Å². The average molecular weight is 290 g/mol. The summed E-state index contributed by atoms with van der Waals surface area (Å²) in [7, 11) is 0. The number of nitrogens with one attached hydrogen (secondary N) is 1. The molecule has 20 heavy (non-hydrogen) atoms. The SMILES string of the molecule is CCOC(=O)c1nc(Nc2ccc(C)c(C)c2)sc1C. The molecular weight excluding hydrogens is 272 g/mol. The first-order chi connectivity index (χ1) is 9.51. The summed E-state index contributed by atoms with van der Waals surface area (Å²) in [5.41, 5.74) is 3.83. The third-order valence-corrected chi connectivity index (χ3v) is 3.91. The van der Waals surface area contributed by atoms with Gasteiger partial charge in [0.25, 0.3) is 0 Å². The third kappa shape index (κ3) is 3.17. The number of aryl methyl sites for hydroxylation is 3. The Morgan fingerprint density at radius 3 is 2.70 bits per heavy atom. The lowest BCUT2D eigenvalue weighted by atomic mass is 10.1. The van der Waals surface area contributed by atoms with Crippen LogP contribution in [0.1, 0.15) is 33.4 Å². The van der Waals surface area contributed by atoms with Crippen LogP contribution in [0.4, 0.5) is 10.8 Å². The molecule has 0 aliphatic rings. The molecule has 1 aromatic heterocycles. The van der Waals surface area contributed by atoms with Gasteiger partial charge in [0.05, 0.1) is 6.61 Å². The first-order valence-electron chi connectivity index (χ1n) is 6.50. The number of nitrogens with zero attached hydrogens (tertiary/aromatic N) is 1. The molecule has 0 bridgehead atoms. The second-order valence-electron chi connectivity index (χ2n) is 4.57. The molecule has 0 atom stereocenters. The lowest BCUT2D eigenvalue weighted by molar-refractivity contribution is 0.0519. The minimum atomic E-state index is -0.366. The summed E-state index contributed by atoms with van der Waals surface area (Å²) in [6, 6.07) is 6.13. The number of carbonyl (C=O) groups excluding carboxylic acids is 1. The van der Waals surface area contributed by atoms with E-state index in [-0.39, 0.29) is 5.97 Å². The zero-order valence-electron chi connectivity index (χ0n) is 12.1. The maximum Gasteiger partial charge on any atom is 0.358 e. The molecule has 0 amide bonds. The minimum absolute atomic E-state index is 0.357. The number of anilines is 2. The fourth-order valence-electron chi connectivity index (χ4n) is 1.78. The summed E-state index contributed by atoms with van der Waals surface area (Å²) in [5.74, 6) is -0.366. The van der Waals surface area contributed by atoms with Crippen LogP contribution in [0.5, 0.6) is 0 Å². The van der Waals surface area contributed by atoms with E-state index in [0.717, 1.165) is 10.6 Å². The number of hydrogen-bond donors (Lipinski definition) is 1. The molecular formula is C15H18N2O2S. The number of hydrogen-bond acceptors (Lipinski definition) is 5. The van der Waals surface area contributed by atoms with Crippen LogP contribution in [0.2, 0.25) is 0 Å². The molecule has 1 aromatic carbocycles. The van der Waals surface area contributed by atoms with E-state index < -0.39 is 0 Å². The highest BCUT2D eigenvalue weighted by atomic mass is 32.1. The number of thiazole rings is 1. The molecule has 0 spiro atoms. The second-order valence-corrected chi connectivity index (χ2v) is 5.77. The first-order valence-corrected chi connectivity index (χ1v) is 7.31. The van der Waals surface area contributed by atoms with Crippen molar-refractivity contribution in [1.82, 2.24) is 4.98 Å². The van der Waals surface area contributed by atoms with E-state index in [1.54, 1.807) is 6.92 Å². The Bertz CT molecular complexity index is 635. The van der Waals surface area contributed by atoms with Crippen molar-refractivity contribution in [2.75, 3.05) is 11.9 Å². The summed E-state index contributed by atoms with van der Waals surface area (Å²) < 4.78 is 4.98. The molecule has 4 nitrogen and oxygen atoms in total. The van der Waals surface area contributed by atoms with Crippen molar-refractivity contribution < 1.29 is 9.53 Å². The fourth-order valence-corrected chi connectivity index (χ4v) is 2.60. The van der Waals surface area contributed by atoms with Gasteiger partial charge in [0, 0.05) is 10.6 Å². The zero-order valence-corrected chi connectivity index (χ0v) is 12.9. The van der Waals surface area contributed by atoms with Gasteiger partial charge in [0.2, 0.25) is 0 Å². The molecule has 1 heterocycles. The normalized spacial score (nSPS) is 10.4. The Kier molecular flexibility index (Phi) is 4.39. The quantitative estimate of drug-likeness (QED) is 0.865. The van der Waals surface area contributed by atoms with E-state index in [1.165, 1.54) is 22.5 Å². The molecule has 5 heteroatoms. The van der Waals surface area contributed by atoms with Crippen molar-refractivity contribution in [3.05, 3.63) is 39.9 Å². The standard InChI is InChI=1S/C15H18N2O2S/c1-5-19-14(18)13-11(4)20-15(17-13)16-12-7-6-9(2)10(3)8-12/h6-8H,5H2,1-4H3,(H,16,17). The van der Waals surface area contributed by atoms with E-state index in [0.29, 0.717) is 17.4 Å². The maximum absolute atomic E-state index is 11.7. The van der Waals surface area contributed by atoms with Crippen LogP contribution in [-0.2, 0) is 4.74 Å². The van der Waals surface area contributed by atoms with Crippen LogP contribution in [0, 0.1) is 20.8 Å². The molecule has 0 fully saturated rings. The van der Waals surface area contributed by atoms with Gasteiger partial charge in [-0.1, -0.05) is 6.07 Å². The van der Waals surface area contributed by atoms with Crippen LogP contribution < -0.4 is 5.32 Å². The minimum Gasteiger partial charge on any atom is -0.461 e. The summed E-state index contributed by atoms with van der Waals surface area (Å²) in [4.78, 5) is 16.9. The smallest absolute Gasteiger partial charge is 0.358 e. The Morgan fingerprint density at radius 2 is 2.05 bits per heavy atom. The van der Waals surface area contributed by atoms with E-state index in [2.05, 4.69) is 36.3 Å². The van der Waals surface area contributed by atoms with Crippen molar-refractivity contribution in [2.24, 2.45) is 0 Å². The predicted molar refractivity (Wildman–Crippen MR) is 82.0 cm³/mol. The van der Waals surface area contributed by atoms with Gasteiger partial charge in [-0.25, -0.2) is 9.78 Å². The number of carbonyl (C=O) groups is 1. The zero-order chi connectivity index (χ0) is 14.7. The highest BCUT2D eigenvalue weighted by molar-refractivity contribution is 7.15. The van der Waals surface area contributed by atoms with E-state index in [4.69, 9.17) is 4.74 Å². The van der Waals surface area contributed by atoms with Gasteiger partial charge in [-0.3, -0.25) is 0 Å². The highest BCUT2D eigenvalue weighted by Crippen LogP contribution is 2.26. The Balaban J connectivity index is 2.20. The Hall–Kier alpha value is -1.88. The summed E-state index contributed by atoms with van der Waals surface area (Å²) in [6.07, 6.45) is 0. The number of esters is 1. The molecule has 106 valence electrons. The lowest BCUT2D eigenvalue weighted by Gasteiger charge is -2.05. The van der Waals surface area contributed by atoms with Crippen molar-refractivity contribution in [3.63, 3.8) is 0 Å². The van der Waals surface area contributed by atoms with Crippen molar-refractivity contribution in [1.29, 1.82) is 0 Å². The maximum atomic E-state index is 11.7. The highest BCUT2D eigenvalue weighted by Gasteiger charge is 2.16. The number of benzene rings is 1. The predicted octanol–water partition coefficient (Wildman–Crippen LogP) is 3.99. The molecule has 0 saturated heterocycles. The molecule has 2 aromatic rings. The number of aromatic nitrogens is 1. The molecule has 0 radical (unpaired) electrons. The van der Waals surface area contributed by atoms with Gasteiger partial charge in [0.15, 0.2) is 10.8 Å². The van der Waals surface area contributed by atoms with Crippen molar-refractivity contribution >= 4 is 28.1 Å². The summed E-state index contributed by atoms with van der Waals surface area (Å²) in [6.45, 7) is 8.15. The Labute approximate surface area is 122 Å². The first kappa shape index (κ1) is 14.5. The molecule has 0 aliphatic carbocycles. The summed E-state index contributed by atoms with van der Waals surface area (Å²) in [5, 5.41) is 3.93. The van der Waals surface area contributed by atoms with Crippen molar-refractivity contribution in [2.45, 2.75) is 27.7 Å². The van der Waals surface area contributed by atoms with Gasteiger partial charge in [-0.05, 0) is 51.0 Å². The van der Waals surface area contributed by atoms with Gasteiger partial charge >= 0.3 is 5.97 Å². The fraction of sp³-hybridized carbons (Fsp3) is 0.333. The second kappa shape index (κ2) is 6.05. The van der Waals surface area contributed by atoms with E-state index >= 15 is 0 Å². The average Bonchev–Trinajstić information content (AvgIpc) is 2.75. The molecule has 0 aliphatic heterocycles. The van der Waals surface area contributed by atoms with Crippen LogP contribution in [0.15, 0.2) is 18.2 Å². The van der Waals surface area contributed by atoms with Crippen LogP contribution in [0.25, 0.3) is 0 Å². The Morgan fingerprint density at radius 1 is 1.30 bits per heavy atom. The van der Waals surface area contributed by atoms with Crippen LogP contribution in [0.3, 0.4) is 0 Å². The van der Waals surface area contributed by atoms with E-state index in [1.807, 2.05) is 13.0 Å². The summed E-state index contributed by atoms with van der Waals surface area (Å²) >= 11 is 1.45. The third-order valence-electron chi connectivity index (χ3n) is 3.02. The number of rotatable bonds is 4. The monoisotopic (exact) mass is 290 g/mol. The van der Waals surface area contributed by atoms with Gasteiger partial charge in [-0.15, -0.1) is 11.3 Å². The molecule has 0 unspecified atom stereocenters. The van der Waals surface area contributed by atoms with Gasteiger partial charge in [0.1, 0.15) is 0 Å². The largest absolute Gasteiger partial charge is 0.461 e. The molecule has 1 N–H and O–H groups in total.